The van der Waals surface area contributed by atoms with Gasteiger partial charge in [-0.05, 0) is 32.9 Å². The molecule has 1 aromatic carbocycles. The van der Waals surface area contributed by atoms with Crippen molar-refractivity contribution in [3.05, 3.63) is 40.9 Å². The summed E-state index contributed by atoms with van der Waals surface area (Å²) in [4.78, 5) is 15.0. The molecule has 1 amide bonds. The van der Waals surface area contributed by atoms with Crippen LogP contribution in [0.15, 0.2) is 35.4 Å². The number of nitrogens with zero attached hydrogens (tertiary/aromatic N) is 2. The van der Waals surface area contributed by atoms with Gasteiger partial charge in [-0.15, -0.1) is 0 Å². The molecule has 2 heterocycles. The van der Waals surface area contributed by atoms with Crippen LogP contribution in [0.3, 0.4) is 0 Å². The highest BCUT2D eigenvalue weighted by Gasteiger charge is 2.39. The average Bonchev–Trinajstić information content (AvgIpc) is 2.88. The molecule has 1 aliphatic rings. The topological polar surface area (TPSA) is 25.2 Å². The number of rotatable bonds is 1. The fourth-order valence-corrected chi connectivity index (χ4v) is 4.30. The molecule has 0 spiro atoms. The Morgan fingerprint density at radius 3 is 2.55 bits per heavy atom. The first-order chi connectivity index (χ1) is 10.3. The van der Waals surface area contributed by atoms with E-state index in [1.54, 1.807) is 4.90 Å². The van der Waals surface area contributed by atoms with Crippen molar-refractivity contribution >= 4 is 51.2 Å². The van der Waals surface area contributed by atoms with Crippen LogP contribution in [0.4, 0.5) is 0 Å². The molecule has 0 saturated carbocycles. The lowest BCUT2D eigenvalue weighted by Crippen LogP contribution is -2.44. The van der Waals surface area contributed by atoms with Crippen molar-refractivity contribution in [2.45, 2.75) is 26.3 Å². The maximum Gasteiger partial charge on any atom is 0.266 e. The molecule has 1 aliphatic heterocycles. The predicted molar refractivity (Wildman–Crippen MR) is 97.7 cm³/mol. The molecule has 2 aromatic rings. The van der Waals surface area contributed by atoms with Crippen molar-refractivity contribution < 1.29 is 4.79 Å². The Labute approximate surface area is 140 Å². The van der Waals surface area contributed by atoms with Gasteiger partial charge >= 0.3 is 0 Å². The Balaban J connectivity index is 2.06. The number of para-hydroxylation sites is 1. The van der Waals surface area contributed by atoms with Gasteiger partial charge in [0.15, 0.2) is 0 Å². The number of aryl methyl sites for hydroxylation is 1. The summed E-state index contributed by atoms with van der Waals surface area (Å²) < 4.78 is 2.70. The third-order valence-electron chi connectivity index (χ3n) is 3.68. The summed E-state index contributed by atoms with van der Waals surface area (Å²) in [6.07, 6.45) is 4.00. The van der Waals surface area contributed by atoms with Gasteiger partial charge in [-0.1, -0.05) is 42.2 Å². The highest BCUT2D eigenvalue weighted by atomic mass is 32.2. The molecule has 1 fully saturated rings. The summed E-state index contributed by atoms with van der Waals surface area (Å²) in [6.45, 7) is 6.00. The number of aromatic nitrogens is 1. The second kappa shape index (κ2) is 5.25. The molecule has 0 atom stereocenters. The molecule has 114 valence electrons. The van der Waals surface area contributed by atoms with Crippen LogP contribution in [-0.2, 0) is 11.8 Å². The molecule has 0 bridgehead atoms. The van der Waals surface area contributed by atoms with Gasteiger partial charge in [0, 0.05) is 35.2 Å². The van der Waals surface area contributed by atoms with E-state index in [1.165, 1.54) is 11.8 Å². The molecule has 5 heteroatoms. The molecular weight excluding hydrogens is 312 g/mol. The number of hydrogen-bond acceptors (Lipinski definition) is 3. The van der Waals surface area contributed by atoms with E-state index in [2.05, 4.69) is 16.7 Å². The number of carbonyl (C=O) groups excluding carboxylic acids is 1. The SMILES string of the molecule is Cn1cc(C=C2SC(=S)N(C(C)(C)C)C2=O)c2ccccc21. The zero-order valence-electron chi connectivity index (χ0n) is 13.1. The second-order valence-corrected chi connectivity index (χ2v) is 8.08. The van der Waals surface area contributed by atoms with Crippen LogP contribution in [0, 0.1) is 0 Å². The van der Waals surface area contributed by atoms with Crippen molar-refractivity contribution in [3.8, 4) is 0 Å². The molecule has 22 heavy (non-hydrogen) atoms. The lowest BCUT2D eigenvalue weighted by Gasteiger charge is -2.30. The monoisotopic (exact) mass is 330 g/mol. The van der Waals surface area contributed by atoms with E-state index in [4.69, 9.17) is 12.2 Å². The van der Waals surface area contributed by atoms with E-state index in [0.29, 0.717) is 9.23 Å². The fourth-order valence-electron chi connectivity index (χ4n) is 2.68. The summed E-state index contributed by atoms with van der Waals surface area (Å²) in [5, 5.41) is 1.14. The molecule has 0 N–H and O–H groups in total. The minimum absolute atomic E-state index is 0.00423. The van der Waals surface area contributed by atoms with Crippen LogP contribution < -0.4 is 0 Å². The van der Waals surface area contributed by atoms with Gasteiger partial charge in [-0.3, -0.25) is 9.69 Å². The summed E-state index contributed by atoms with van der Waals surface area (Å²) >= 11 is 6.76. The summed E-state index contributed by atoms with van der Waals surface area (Å²) in [5.74, 6) is -0.00423. The van der Waals surface area contributed by atoms with Crippen molar-refractivity contribution in [3.63, 3.8) is 0 Å². The number of amides is 1. The summed E-state index contributed by atoms with van der Waals surface area (Å²) in [5.41, 5.74) is 1.91. The van der Waals surface area contributed by atoms with Crippen LogP contribution in [0.25, 0.3) is 17.0 Å². The van der Waals surface area contributed by atoms with Crippen molar-refractivity contribution in [1.82, 2.24) is 9.47 Å². The van der Waals surface area contributed by atoms with E-state index in [-0.39, 0.29) is 11.4 Å². The van der Waals surface area contributed by atoms with Crippen LogP contribution in [0.2, 0.25) is 0 Å². The lowest BCUT2D eigenvalue weighted by atomic mass is 10.1. The van der Waals surface area contributed by atoms with Gasteiger partial charge in [-0.25, -0.2) is 0 Å². The van der Waals surface area contributed by atoms with E-state index in [1.807, 2.05) is 52.2 Å². The molecule has 3 rings (SSSR count). The van der Waals surface area contributed by atoms with Crippen molar-refractivity contribution in [2.75, 3.05) is 0 Å². The third kappa shape index (κ3) is 2.48. The minimum Gasteiger partial charge on any atom is -0.350 e. The Kier molecular flexibility index (Phi) is 3.65. The number of fused-ring (bicyclic) bond motifs is 1. The van der Waals surface area contributed by atoms with E-state index < -0.39 is 0 Å². The Morgan fingerprint density at radius 1 is 1.23 bits per heavy atom. The molecule has 0 unspecified atom stereocenters. The molecule has 0 aliphatic carbocycles. The maximum atomic E-state index is 12.7. The van der Waals surface area contributed by atoms with E-state index >= 15 is 0 Å². The molecule has 0 radical (unpaired) electrons. The van der Waals surface area contributed by atoms with E-state index in [0.717, 1.165) is 16.5 Å². The van der Waals surface area contributed by atoms with Gasteiger partial charge in [0.1, 0.15) is 4.32 Å². The first kappa shape index (κ1) is 15.3. The first-order valence-corrected chi connectivity index (χ1v) is 8.33. The van der Waals surface area contributed by atoms with Gasteiger partial charge in [0.25, 0.3) is 5.91 Å². The third-order valence-corrected chi connectivity index (χ3v) is 4.98. The summed E-state index contributed by atoms with van der Waals surface area (Å²) in [7, 11) is 2.01. The predicted octanol–water partition coefficient (Wildman–Crippen LogP) is 4.18. The number of benzene rings is 1. The molecule has 3 nitrogen and oxygen atoms in total. The number of thiocarbonyl (C=S) groups is 1. The van der Waals surface area contributed by atoms with Crippen LogP contribution in [0.5, 0.6) is 0 Å². The molecule has 1 aromatic heterocycles. The standard InChI is InChI=1S/C17H18N2OS2/c1-17(2,3)19-15(20)14(22-16(19)21)9-11-10-18(4)13-8-6-5-7-12(11)13/h5-10H,1-4H3. The Morgan fingerprint density at radius 2 is 1.91 bits per heavy atom. The average molecular weight is 330 g/mol. The molecule has 1 saturated heterocycles. The van der Waals surface area contributed by atoms with Gasteiger partial charge in [0.05, 0.1) is 4.91 Å². The number of hydrogen-bond donors (Lipinski definition) is 0. The minimum atomic E-state index is -0.296. The largest absolute Gasteiger partial charge is 0.350 e. The molecular formula is C17H18N2OS2. The van der Waals surface area contributed by atoms with E-state index in [9.17, 15) is 4.79 Å². The normalized spacial score (nSPS) is 18.0. The Bertz CT molecular complexity index is 812. The van der Waals surface area contributed by atoms with Crippen molar-refractivity contribution in [2.24, 2.45) is 7.05 Å². The van der Waals surface area contributed by atoms with Crippen molar-refractivity contribution in [1.29, 1.82) is 0 Å². The Hall–Kier alpha value is -1.59. The van der Waals surface area contributed by atoms with Crippen LogP contribution in [-0.4, -0.2) is 25.2 Å². The highest BCUT2D eigenvalue weighted by Crippen LogP contribution is 2.37. The van der Waals surface area contributed by atoms with Gasteiger partial charge < -0.3 is 4.57 Å². The summed E-state index contributed by atoms with van der Waals surface area (Å²) in [6, 6.07) is 8.18. The van der Waals surface area contributed by atoms with Gasteiger partial charge in [-0.2, -0.15) is 0 Å². The van der Waals surface area contributed by atoms with Gasteiger partial charge in [0.2, 0.25) is 0 Å². The quantitative estimate of drug-likeness (QED) is 0.579. The second-order valence-electron chi connectivity index (χ2n) is 6.40. The highest BCUT2D eigenvalue weighted by molar-refractivity contribution is 8.26. The number of carbonyl (C=O) groups is 1. The zero-order chi connectivity index (χ0) is 16.1. The van der Waals surface area contributed by atoms with Crippen LogP contribution in [0.1, 0.15) is 26.3 Å². The zero-order valence-corrected chi connectivity index (χ0v) is 14.7. The lowest BCUT2D eigenvalue weighted by molar-refractivity contribution is -0.125. The smallest absolute Gasteiger partial charge is 0.266 e. The van der Waals surface area contributed by atoms with Crippen LogP contribution >= 0.6 is 24.0 Å². The fraction of sp³-hybridized carbons (Fsp3) is 0.294. The first-order valence-electron chi connectivity index (χ1n) is 7.11. The maximum absolute atomic E-state index is 12.7. The number of thioether (sulfide) groups is 1.